The van der Waals surface area contributed by atoms with Gasteiger partial charge in [0.05, 0.1) is 0 Å². The van der Waals surface area contributed by atoms with Crippen LogP contribution in [0.1, 0.15) is 26.3 Å². The fourth-order valence-corrected chi connectivity index (χ4v) is 3.21. The van der Waals surface area contributed by atoms with Crippen molar-refractivity contribution in [2.45, 2.75) is 32.1 Å². The Kier molecular flexibility index (Phi) is 7.56. The Morgan fingerprint density at radius 3 is 2.55 bits per heavy atom. The maximum absolute atomic E-state index is 12.1. The van der Waals surface area contributed by atoms with E-state index in [2.05, 4.69) is 37.2 Å². The van der Waals surface area contributed by atoms with Gasteiger partial charge in [0.1, 0.15) is 0 Å². The van der Waals surface area contributed by atoms with Crippen molar-refractivity contribution in [3.05, 3.63) is 34.3 Å². The van der Waals surface area contributed by atoms with E-state index in [1.807, 2.05) is 46.0 Å². The molecule has 0 heterocycles. The molecule has 1 unspecified atom stereocenters. The van der Waals surface area contributed by atoms with Crippen molar-refractivity contribution in [1.29, 1.82) is 0 Å². The topological polar surface area (TPSA) is 44.7 Å². The summed E-state index contributed by atoms with van der Waals surface area (Å²) in [5.74, 6) is 1.42. The average Bonchev–Trinajstić information content (AvgIpc) is 2.44. The predicted octanol–water partition coefficient (Wildman–Crippen LogP) is 3.00. The zero-order chi connectivity index (χ0) is 16.8. The van der Waals surface area contributed by atoms with E-state index in [1.54, 1.807) is 7.05 Å². The van der Waals surface area contributed by atoms with Crippen molar-refractivity contribution in [1.82, 2.24) is 10.2 Å². The lowest BCUT2D eigenvalue weighted by Crippen LogP contribution is -2.41. The summed E-state index contributed by atoms with van der Waals surface area (Å²) in [7, 11) is 2.90. The fourth-order valence-electron chi connectivity index (χ4n) is 1.90. The minimum atomic E-state index is -0.854. The van der Waals surface area contributed by atoms with Gasteiger partial charge >= 0.3 is 0 Å². The second-order valence-electron chi connectivity index (χ2n) is 6.08. The Morgan fingerprint density at radius 2 is 2.00 bits per heavy atom. The molecule has 0 saturated heterocycles. The highest BCUT2D eigenvalue weighted by molar-refractivity contribution is 9.10. The molecule has 1 N–H and O–H groups in total. The van der Waals surface area contributed by atoms with Crippen LogP contribution in [-0.2, 0) is 17.3 Å². The number of hydrogen-bond donors (Lipinski definition) is 1. The Bertz CT molecular complexity index is 540. The summed E-state index contributed by atoms with van der Waals surface area (Å²) in [5.41, 5.74) is 1.20. The molecule has 0 aromatic heterocycles. The van der Waals surface area contributed by atoms with E-state index < -0.39 is 10.8 Å². The lowest BCUT2D eigenvalue weighted by Gasteiger charge is -2.23. The van der Waals surface area contributed by atoms with E-state index in [4.69, 9.17) is 0 Å². The molecule has 22 heavy (non-hydrogen) atoms. The van der Waals surface area contributed by atoms with Crippen LogP contribution < -0.4 is 5.32 Å². The molecular formula is C16H26BrN3OS. The molecule has 1 aromatic carbocycles. The molecule has 0 amide bonds. The molecular weight excluding hydrogens is 362 g/mol. The molecule has 0 aliphatic heterocycles. The van der Waals surface area contributed by atoms with Gasteiger partial charge in [-0.2, -0.15) is 0 Å². The Balaban J connectivity index is 2.54. The molecule has 0 aliphatic carbocycles. The van der Waals surface area contributed by atoms with Crippen LogP contribution in [0.3, 0.4) is 0 Å². The van der Waals surface area contributed by atoms with Crippen molar-refractivity contribution >= 4 is 32.7 Å². The van der Waals surface area contributed by atoms with E-state index in [0.717, 1.165) is 17.0 Å². The summed E-state index contributed by atoms with van der Waals surface area (Å²) in [6.07, 6.45) is 0. The summed E-state index contributed by atoms with van der Waals surface area (Å²) >= 11 is 3.56. The normalized spacial score (nSPS) is 13.8. The molecule has 1 rings (SSSR count). The molecule has 1 aromatic rings. The molecule has 124 valence electrons. The lowest BCUT2D eigenvalue weighted by molar-refractivity contribution is 0.478. The largest absolute Gasteiger partial charge is 0.355 e. The quantitative estimate of drug-likeness (QED) is 0.623. The van der Waals surface area contributed by atoms with E-state index >= 15 is 0 Å². The van der Waals surface area contributed by atoms with Gasteiger partial charge in [0, 0.05) is 53.0 Å². The summed E-state index contributed by atoms with van der Waals surface area (Å²) in [4.78, 5) is 6.35. The molecule has 0 radical (unpaired) electrons. The molecule has 4 nitrogen and oxygen atoms in total. The van der Waals surface area contributed by atoms with Crippen molar-refractivity contribution in [2.24, 2.45) is 4.99 Å². The first-order valence-corrected chi connectivity index (χ1v) is 9.40. The van der Waals surface area contributed by atoms with Crippen molar-refractivity contribution < 1.29 is 4.21 Å². The van der Waals surface area contributed by atoms with Gasteiger partial charge in [-0.1, -0.05) is 34.1 Å². The fraction of sp³-hybridized carbons (Fsp3) is 0.562. The first-order chi connectivity index (χ1) is 10.3. The third-order valence-electron chi connectivity index (χ3n) is 3.19. The standard InChI is InChI=1S/C16H26BrN3OS/c1-16(2,3)22(21)11-10-19-15(18-4)20(5)12-13-8-6-7-9-14(13)17/h6-9H,10-12H2,1-5H3,(H,18,19). The predicted molar refractivity (Wildman–Crippen MR) is 99.7 cm³/mol. The maximum atomic E-state index is 12.1. The van der Waals surface area contributed by atoms with Crippen molar-refractivity contribution in [3.8, 4) is 0 Å². The maximum Gasteiger partial charge on any atom is 0.193 e. The summed E-state index contributed by atoms with van der Waals surface area (Å²) in [5, 5.41) is 3.28. The van der Waals surface area contributed by atoms with E-state index in [9.17, 15) is 4.21 Å². The van der Waals surface area contributed by atoms with Gasteiger partial charge < -0.3 is 10.2 Å². The number of halogens is 1. The summed E-state index contributed by atoms with van der Waals surface area (Å²) < 4.78 is 13.0. The minimum Gasteiger partial charge on any atom is -0.355 e. The molecule has 6 heteroatoms. The molecule has 0 saturated carbocycles. The van der Waals surface area contributed by atoms with Gasteiger partial charge in [0.2, 0.25) is 0 Å². The second-order valence-corrected chi connectivity index (χ2v) is 9.26. The Labute approximate surface area is 145 Å². The Morgan fingerprint density at radius 1 is 1.36 bits per heavy atom. The van der Waals surface area contributed by atoms with Crippen LogP contribution in [0, 0.1) is 0 Å². The summed E-state index contributed by atoms with van der Waals surface area (Å²) in [6, 6.07) is 8.15. The van der Waals surface area contributed by atoms with Crippen LogP contribution >= 0.6 is 15.9 Å². The SMILES string of the molecule is CN=C(NCCS(=O)C(C)(C)C)N(C)Cc1ccccc1Br. The molecule has 0 spiro atoms. The number of aliphatic imine (C=N–C) groups is 1. The third kappa shape index (κ3) is 6.08. The van der Waals surface area contributed by atoms with Crippen LogP contribution in [0.15, 0.2) is 33.7 Å². The van der Waals surface area contributed by atoms with Crippen LogP contribution in [0.2, 0.25) is 0 Å². The van der Waals surface area contributed by atoms with Gasteiger partial charge in [-0.25, -0.2) is 0 Å². The molecule has 1 atom stereocenters. The highest BCUT2D eigenvalue weighted by Crippen LogP contribution is 2.17. The van der Waals surface area contributed by atoms with Crippen LogP contribution in [0.25, 0.3) is 0 Å². The molecule has 0 aliphatic rings. The minimum absolute atomic E-state index is 0.175. The number of hydrogen-bond acceptors (Lipinski definition) is 2. The average molecular weight is 388 g/mol. The number of benzene rings is 1. The first-order valence-electron chi connectivity index (χ1n) is 7.29. The van der Waals surface area contributed by atoms with Gasteiger partial charge in [-0.05, 0) is 32.4 Å². The second kappa shape index (κ2) is 8.67. The van der Waals surface area contributed by atoms with Crippen molar-refractivity contribution in [2.75, 3.05) is 26.4 Å². The highest BCUT2D eigenvalue weighted by atomic mass is 79.9. The van der Waals surface area contributed by atoms with E-state index in [0.29, 0.717) is 12.3 Å². The van der Waals surface area contributed by atoms with Gasteiger partial charge in [-0.15, -0.1) is 0 Å². The molecule has 0 fully saturated rings. The highest BCUT2D eigenvalue weighted by Gasteiger charge is 2.19. The number of guanidine groups is 1. The van der Waals surface area contributed by atoms with E-state index in [-0.39, 0.29) is 4.75 Å². The third-order valence-corrected chi connectivity index (χ3v) is 5.91. The number of rotatable bonds is 5. The van der Waals surface area contributed by atoms with Gasteiger partial charge in [0.25, 0.3) is 0 Å². The Hall–Kier alpha value is -0.880. The number of nitrogens with one attached hydrogen (secondary N) is 1. The zero-order valence-electron chi connectivity index (χ0n) is 14.0. The van der Waals surface area contributed by atoms with Gasteiger partial charge in [-0.3, -0.25) is 9.20 Å². The molecule has 0 bridgehead atoms. The smallest absolute Gasteiger partial charge is 0.193 e. The van der Waals surface area contributed by atoms with Crippen LogP contribution in [-0.4, -0.2) is 46.2 Å². The zero-order valence-corrected chi connectivity index (χ0v) is 16.4. The number of nitrogens with zero attached hydrogens (tertiary/aromatic N) is 2. The summed E-state index contributed by atoms with van der Waals surface area (Å²) in [6.45, 7) is 7.39. The van der Waals surface area contributed by atoms with Crippen LogP contribution in [0.5, 0.6) is 0 Å². The first kappa shape index (κ1) is 19.2. The van der Waals surface area contributed by atoms with Gasteiger partial charge in [0.15, 0.2) is 5.96 Å². The lowest BCUT2D eigenvalue weighted by atomic mass is 10.2. The monoisotopic (exact) mass is 387 g/mol. The van der Waals surface area contributed by atoms with Crippen LogP contribution in [0.4, 0.5) is 0 Å². The van der Waals surface area contributed by atoms with Crippen molar-refractivity contribution in [3.63, 3.8) is 0 Å². The van der Waals surface area contributed by atoms with E-state index in [1.165, 1.54) is 5.56 Å².